The molecule has 0 aliphatic carbocycles. The first-order valence-corrected chi connectivity index (χ1v) is 6.97. The highest BCUT2D eigenvalue weighted by Crippen LogP contribution is 2.31. The van der Waals surface area contributed by atoms with Gasteiger partial charge < -0.3 is 10.2 Å². The molecular formula is C14H28N2. The maximum Gasteiger partial charge on any atom is 0.0280 e. The molecule has 0 aromatic heterocycles. The minimum Gasteiger partial charge on any atom is -0.310 e. The number of likely N-dealkylation sites (tertiary alicyclic amines) is 1. The van der Waals surface area contributed by atoms with E-state index in [-0.39, 0.29) is 0 Å². The minimum absolute atomic E-state index is 0.389. The van der Waals surface area contributed by atoms with Crippen molar-refractivity contribution in [1.82, 2.24) is 10.2 Å². The van der Waals surface area contributed by atoms with Crippen molar-refractivity contribution in [3.8, 4) is 0 Å². The molecule has 0 radical (unpaired) electrons. The van der Waals surface area contributed by atoms with Crippen molar-refractivity contribution >= 4 is 0 Å². The van der Waals surface area contributed by atoms with Crippen molar-refractivity contribution in [3.05, 3.63) is 0 Å². The zero-order valence-electron chi connectivity index (χ0n) is 11.3. The van der Waals surface area contributed by atoms with Crippen LogP contribution in [-0.4, -0.2) is 36.6 Å². The second-order valence-electron chi connectivity index (χ2n) is 6.88. The lowest BCUT2D eigenvalue weighted by atomic mass is 9.81. The van der Waals surface area contributed by atoms with Gasteiger partial charge in [0.25, 0.3) is 0 Å². The van der Waals surface area contributed by atoms with Crippen LogP contribution in [0.3, 0.4) is 0 Å². The molecule has 2 aliphatic heterocycles. The van der Waals surface area contributed by atoms with E-state index in [0.29, 0.717) is 11.0 Å². The summed E-state index contributed by atoms with van der Waals surface area (Å²) in [5.74, 6) is 0. The SMILES string of the molecule is CC1(C)CCN(CC2(C)CCCCN2)CC1. The van der Waals surface area contributed by atoms with Crippen molar-refractivity contribution in [1.29, 1.82) is 0 Å². The third-order valence-corrected chi connectivity index (χ3v) is 4.49. The maximum atomic E-state index is 3.72. The van der Waals surface area contributed by atoms with Gasteiger partial charge in [-0.3, -0.25) is 0 Å². The van der Waals surface area contributed by atoms with E-state index in [2.05, 4.69) is 31.0 Å². The van der Waals surface area contributed by atoms with Crippen LogP contribution < -0.4 is 5.32 Å². The standard InChI is InChI=1S/C14H28N2/c1-13(2)7-10-16(11-8-13)12-14(3)6-4-5-9-15-14/h15H,4-12H2,1-3H3. The molecule has 2 nitrogen and oxygen atoms in total. The summed E-state index contributed by atoms with van der Waals surface area (Å²) < 4.78 is 0. The molecule has 0 spiro atoms. The molecule has 0 aromatic carbocycles. The van der Waals surface area contributed by atoms with Gasteiger partial charge in [-0.2, -0.15) is 0 Å². The van der Waals surface area contributed by atoms with E-state index in [0.717, 1.165) is 0 Å². The Labute approximate surface area is 101 Å². The van der Waals surface area contributed by atoms with E-state index in [4.69, 9.17) is 0 Å². The van der Waals surface area contributed by atoms with Gasteiger partial charge in [0.2, 0.25) is 0 Å². The van der Waals surface area contributed by atoms with E-state index >= 15 is 0 Å². The topological polar surface area (TPSA) is 15.3 Å². The van der Waals surface area contributed by atoms with Crippen LogP contribution in [-0.2, 0) is 0 Å². The fourth-order valence-electron chi connectivity index (χ4n) is 3.06. The fourth-order valence-corrected chi connectivity index (χ4v) is 3.06. The van der Waals surface area contributed by atoms with Crippen LogP contribution in [0.2, 0.25) is 0 Å². The van der Waals surface area contributed by atoms with Gasteiger partial charge in [0.1, 0.15) is 0 Å². The quantitative estimate of drug-likeness (QED) is 0.776. The van der Waals surface area contributed by atoms with E-state index < -0.39 is 0 Å². The zero-order valence-corrected chi connectivity index (χ0v) is 11.3. The molecule has 1 atom stereocenters. The monoisotopic (exact) mass is 224 g/mol. The summed E-state index contributed by atoms with van der Waals surface area (Å²) in [6, 6.07) is 0. The Balaban J connectivity index is 1.81. The number of hydrogen-bond acceptors (Lipinski definition) is 2. The summed E-state index contributed by atoms with van der Waals surface area (Å²) in [7, 11) is 0. The Kier molecular flexibility index (Phi) is 3.60. The highest BCUT2D eigenvalue weighted by molar-refractivity contribution is 4.91. The molecule has 2 fully saturated rings. The lowest BCUT2D eigenvalue weighted by Crippen LogP contribution is -2.55. The van der Waals surface area contributed by atoms with Crippen molar-refractivity contribution in [2.45, 2.75) is 58.4 Å². The van der Waals surface area contributed by atoms with Crippen LogP contribution in [0.1, 0.15) is 52.9 Å². The Hall–Kier alpha value is -0.0800. The molecule has 0 aromatic rings. The van der Waals surface area contributed by atoms with Gasteiger partial charge >= 0.3 is 0 Å². The van der Waals surface area contributed by atoms with Crippen molar-refractivity contribution in [3.63, 3.8) is 0 Å². The number of nitrogens with one attached hydrogen (secondary N) is 1. The van der Waals surface area contributed by atoms with Crippen LogP contribution in [0.25, 0.3) is 0 Å². The molecule has 2 saturated heterocycles. The molecule has 0 amide bonds. The number of rotatable bonds is 2. The Morgan fingerprint density at radius 3 is 2.25 bits per heavy atom. The summed E-state index contributed by atoms with van der Waals surface area (Å²) in [5.41, 5.74) is 0.969. The number of hydrogen-bond donors (Lipinski definition) is 1. The Morgan fingerprint density at radius 2 is 1.69 bits per heavy atom. The zero-order chi connectivity index (χ0) is 11.6. The van der Waals surface area contributed by atoms with E-state index in [1.165, 1.54) is 58.3 Å². The van der Waals surface area contributed by atoms with Crippen LogP contribution in [0.15, 0.2) is 0 Å². The van der Waals surface area contributed by atoms with Crippen molar-refractivity contribution in [2.24, 2.45) is 5.41 Å². The molecule has 2 aliphatic rings. The molecule has 16 heavy (non-hydrogen) atoms. The summed E-state index contributed by atoms with van der Waals surface area (Å²) in [6.07, 6.45) is 6.85. The summed E-state index contributed by atoms with van der Waals surface area (Å²) in [6.45, 7) is 12.3. The minimum atomic E-state index is 0.389. The summed E-state index contributed by atoms with van der Waals surface area (Å²) in [4.78, 5) is 2.67. The first-order chi connectivity index (χ1) is 7.49. The average molecular weight is 224 g/mol. The van der Waals surface area contributed by atoms with Gasteiger partial charge in [0.05, 0.1) is 0 Å². The van der Waals surface area contributed by atoms with Crippen LogP contribution in [0.4, 0.5) is 0 Å². The highest BCUT2D eigenvalue weighted by atomic mass is 15.2. The number of nitrogens with zero attached hydrogens (tertiary/aromatic N) is 1. The first kappa shape index (κ1) is 12.4. The molecular weight excluding hydrogens is 196 g/mol. The predicted octanol–water partition coefficient (Wildman–Crippen LogP) is 2.64. The molecule has 0 bridgehead atoms. The lowest BCUT2D eigenvalue weighted by molar-refractivity contribution is 0.0934. The second kappa shape index (κ2) is 4.66. The Morgan fingerprint density at radius 1 is 1.00 bits per heavy atom. The molecule has 0 saturated carbocycles. The normalized spacial score (nSPS) is 36.2. The Bertz CT molecular complexity index is 219. The fraction of sp³-hybridized carbons (Fsp3) is 1.00. The molecule has 2 rings (SSSR count). The lowest BCUT2D eigenvalue weighted by Gasteiger charge is -2.43. The second-order valence-corrected chi connectivity index (χ2v) is 6.88. The smallest absolute Gasteiger partial charge is 0.0280 e. The third-order valence-electron chi connectivity index (χ3n) is 4.49. The van der Waals surface area contributed by atoms with Crippen molar-refractivity contribution < 1.29 is 0 Å². The van der Waals surface area contributed by atoms with Gasteiger partial charge in [-0.15, -0.1) is 0 Å². The largest absolute Gasteiger partial charge is 0.310 e. The van der Waals surface area contributed by atoms with E-state index in [9.17, 15) is 0 Å². The van der Waals surface area contributed by atoms with Crippen LogP contribution in [0.5, 0.6) is 0 Å². The third kappa shape index (κ3) is 3.21. The first-order valence-electron chi connectivity index (χ1n) is 6.97. The van der Waals surface area contributed by atoms with Gasteiger partial charge in [-0.05, 0) is 57.7 Å². The predicted molar refractivity (Wildman–Crippen MR) is 69.7 cm³/mol. The van der Waals surface area contributed by atoms with Gasteiger partial charge in [-0.25, -0.2) is 0 Å². The van der Waals surface area contributed by atoms with E-state index in [1.54, 1.807) is 0 Å². The molecule has 1 N–H and O–H groups in total. The molecule has 2 heterocycles. The van der Waals surface area contributed by atoms with Gasteiger partial charge in [-0.1, -0.05) is 20.3 Å². The summed E-state index contributed by atoms with van der Waals surface area (Å²) >= 11 is 0. The molecule has 2 heteroatoms. The van der Waals surface area contributed by atoms with E-state index in [1.807, 2.05) is 0 Å². The van der Waals surface area contributed by atoms with Gasteiger partial charge in [0.15, 0.2) is 0 Å². The van der Waals surface area contributed by atoms with Crippen LogP contribution in [0, 0.1) is 5.41 Å². The van der Waals surface area contributed by atoms with Gasteiger partial charge in [0, 0.05) is 12.1 Å². The molecule has 1 unspecified atom stereocenters. The number of piperidine rings is 2. The summed E-state index contributed by atoms with van der Waals surface area (Å²) in [5, 5.41) is 3.72. The highest BCUT2D eigenvalue weighted by Gasteiger charge is 2.32. The van der Waals surface area contributed by atoms with Crippen LogP contribution >= 0.6 is 0 Å². The average Bonchev–Trinajstić information content (AvgIpc) is 2.22. The molecule has 94 valence electrons. The van der Waals surface area contributed by atoms with Crippen molar-refractivity contribution in [2.75, 3.05) is 26.2 Å². The maximum absolute atomic E-state index is 3.72.